The van der Waals surface area contributed by atoms with Crippen molar-refractivity contribution in [3.05, 3.63) is 36.5 Å². The third-order valence-electron chi connectivity index (χ3n) is 11.8. The lowest BCUT2D eigenvalue weighted by Crippen LogP contribution is -2.45. The van der Waals surface area contributed by atoms with Gasteiger partial charge >= 0.3 is 0 Å². The number of phosphoric acid groups is 1. The number of carbonyl (C=O) groups is 1. The normalized spacial score (nSPS) is 14.4. The highest BCUT2D eigenvalue weighted by molar-refractivity contribution is 7.45. The maximum absolute atomic E-state index is 12.9. The number of rotatable bonds is 48. The van der Waals surface area contributed by atoms with Crippen LogP contribution in [-0.4, -0.2) is 68.5 Å². The largest absolute Gasteiger partial charge is 0.756 e. The molecule has 0 aromatic carbocycles. The summed E-state index contributed by atoms with van der Waals surface area (Å²) in [6.07, 6.45) is 56.4. The average molecular weight is 895 g/mol. The van der Waals surface area contributed by atoms with Crippen molar-refractivity contribution >= 4 is 13.7 Å². The van der Waals surface area contributed by atoms with E-state index in [0.717, 1.165) is 38.5 Å². The van der Waals surface area contributed by atoms with Gasteiger partial charge in [0.05, 0.1) is 39.9 Å². The lowest BCUT2D eigenvalue weighted by atomic mass is 10.0. The van der Waals surface area contributed by atoms with Crippen molar-refractivity contribution in [2.45, 2.75) is 257 Å². The summed E-state index contributed by atoms with van der Waals surface area (Å²) in [7, 11) is 1.25. The first-order chi connectivity index (χ1) is 30.0. The first kappa shape index (κ1) is 60.7. The lowest BCUT2D eigenvalue weighted by molar-refractivity contribution is -0.870. The molecule has 0 bridgehead atoms. The molecule has 0 aliphatic carbocycles. The second-order valence-corrected chi connectivity index (χ2v) is 20.6. The van der Waals surface area contributed by atoms with Gasteiger partial charge < -0.3 is 28.8 Å². The Labute approximate surface area is 385 Å². The number of nitrogens with zero attached hydrogens (tertiary/aromatic N) is 1. The molecule has 3 atom stereocenters. The van der Waals surface area contributed by atoms with Crippen molar-refractivity contribution in [2.75, 3.05) is 40.9 Å². The SMILES string of the molecule is CCCCCCCCCCCC/C=C/CC/C=C/C(O)C(COP(=O)([O-])OCC[N+](C)(C)C)NC(=O)CCCCCCCCCC/C=C\CCCCCCCCCCCCCC. The Hall–Kier alpha value is -1.28. The third kappa shape index (κ3) is 46.7. The molecule has 0 saturated heterocycles. The predicted molar refractivity (Wildman–Crippen MR) is 265 cm³/mol. The van der Waals surface area contributed by atoms with Crippen LogP contribution in [0.3, 0.4) is 0 Å². The summed E-state index contributed by atoms with van der Waals surface area (Å²) in [5.74, 6) is -0.209. The number of hydrogen-bond donors (Lipinski definition) is 2. The molecule has 0 aromatic rings. The molecule has 1 amide bonds. The minimum atomic E-state index is -4.60. The Bertz CT molecular complexity index is 1110. The van der Waals surface area contributed by atoms with Gasteiger partial charge in [0.25, 0.3) is 7.82 Å². The molecule has 0 aromatic heterocycles. The molecular formula is C53H103N2O6P. The molecule has 0 aliphatic rings. The van der Waals surface area contributed by atoms with Gasteiger partial charge in [-0.05, 0) is 57.8 Å². The van der Waals surface area contributed by atoms with Gasteiger partial charge in [0, 0.05) is 6.42 Å². The molecule has 9 heteroatoms. The summed E-state index contributed by atoms with van der Waals surface area (Å²) in [6.45, 7) is 4.64. The number of carbonyl (C=O) groups excluding carboxylic acids is 1. The van der Waals surface area contributed by atoms with E-state index in [1.807, 2.05) is 27.2 Å². The van der Waals surface area contributed by atoms with Crippen LogP contribution in [0.5, 0.6) is 0 Å². The number of allylic oxidation sites excluding steroid dienone is 5. The van der Waals surface area contributed by atoms with Crippen LogP contribution in [-0.2, 0) is 18.4 Å². The van der Waals surface area contributed by atoms with E-state index in [-0.39, 0.29) is 12.5 Å². The maximum atomic E-state index is 12.9. The van der Waals surface area contributed by atoms with Crippen molar-refractivity contribution in [3.8, 4) is 0 Å². The van der Waals surface area contributed by atoms with Crippen LogP contribution in [0.25, 0.3) is 0 Å². The number of phosphoric ester groups is 1. The quantitative estimate of drug-likeness (QED) is 0.0273. The number of nitrogens with one attached hydrogen (secondary N) is 1. The van der Waals surface area contributed by atoms with Crippen molar-refractivity contribution in [1.82, 2.24) is 5.32 Å². The smallest absolute Gasteiger partial charge is 0.268 e. The van der Waals surface area contributed by atoms with E-state index >= 15 is 0 Å². The van der Waals surface area contributed by atoms with E-state index in [0.29, 0.717) is 17.4 Å². The van der Waals surface area contributed by atoms with Crippen molar-refractivity contribution in [2.24, 2.45) is 0 Å². The summed E-state index contributed by atoms with van der Waals surface area (Å²) in [5, 5.41) is 13.8. The number of amides is 1. The number of quaternary nitrogens is 1. The number of hydrogen-bond acceptors (Lipinski definition) is 6. The summed E-state index contributed by atoms with van der Waals surface area (Å²) >= 11 is 0. The Morgan fingerprint density at radius 1 is 0.548 bits per heavy atom. The van der Waals surface area contributed by atoms with E-state index < -0.39 is 26.6 Å². The molecule has 0 aliphatic heterocycles. The molecule has 2 N–H and O–H groups in total. The van der Waals surface area contributed by atoms with E-state index in [2.05, 4.69) is 43.5 Å². The van der Waals surface area contributed by atoms with Crippen LogP contribution in [0.2, 0.25) is 0 Å². The molecule has 3 unspecified atom stereocenters. The monoisotopic (exact) mass is 895 g/mol. The fourth-order valence-electron chi connectivity index (χ4n) is 7.63. The Balaban J connectivity index is 4.28. The fraction of sp³-hybridized carbons (Fsp3) is 0.868. The maximum Gasteiger partial charge on any atom is 0.268 e. The molecule has 0 radical (unpaired) electrons. The lowest BCUT2D eigenvalue weighted by Gasteiger charge is -2.29. The van der Waals surface area contributed by atoms with Gasteiger partial charge in [-0.2, -0.15) is 0 Å². The second kappa shape index (κ2) is 44.9. The number of aliphatic hydroxyl groups is 1. The fourth-order valence-corrected chi connectivity index (χ4v) is 8.36. The zero-order chi connectivity index (χ0) is 45.7. The van der Waals surface area contributed by atoms with Crippen LogP contribution in [0.4, 0.5) is 0 Å². The van der Waals surface area contributed by atoms with Crippen LogP contribution in [0, 0.1) is 0 Å². The Morgan fingerprint density at radius 3 is 1.31 bits per heavy atom. The molecule has 62 heavy (non-hydrogen) atoms. The zero-order valence-corrected chi connectivity index (χ0v) is 42.5. The van der Waals surface area contributed by atoms with E-state index in [9.17, 15) is 19.4 Å². The minimum Gasteiger partial charge on any atom is -0.756 e. The average Bonchev–Trinajstić information content (AvgIpc) is 3.23. The highest BCUT2D eigenvalue weighted by Gasteiger charge is 2.23. The van der Waals surface area contributed by atoms with Gasteiger partial charge in [0.15, 0.2) is 0 Å². The van der Waals surface area contributed by atoms with Crippen LogP contribution >= 0.6 is 7.82 Å². The van der Waals surface area contributed by atoms with Gasteiger partial charge in [0.2, 0.25) is 5.91 Å². The van der Waals surface area contributed by atoms with Gasteiger partial charge in [-0.1, -0.05) is 217 Å². The zero-order valence-electron chi connectivity index (χ0n) is 41.6. The molecule has 366 valence electrons. The summed E-state index contributed by atoms with van der Waals surface area (Å²) < 4.78 is 23.3. The first-order valence-electron chi connectivity index (χ1n) is 26.4. The molecule has 0 saturated carbocycles. The summed E-state index contributed by atoms with van der Waals surface area (Å²) in [5.41, 5.74) is 0. The van der Waals surface area contributed by atoms with E-state index in [1.54, 1.807) is 6.08 Å². The summed E-state index contributed by atoms with van der Waals surface area (Å²) in [4.78, 5) is 25.4. The predicted octanol–water partition coefficient (Wildman–Crippen LogP) is 14.8. The Morgan fingerprint density at radius 2 is 0.903 bits per heavy atom. The van der Waals surface area contributed by atoms with Crippen molar-refractivity contribution in [1.29, 1.82) is 0 Å². The summed E-state index contributed by atoms with van der Waals surface area (Å²) in [6, 6.07) is -0.904. The number of unbranched alkanes of at least 4 members (excludes halogenated alkanes) is 31. The molecule has 0 heterocycles. The van der Waals surface area contributed by atoms with E-state index in [4.69, 9.17) is 9.05 Å². The number of aliphatic hydroxyl groups excluding tert-OH is 1. The van der Waals surface area contributed by atoms with Gasteiger partial charge in [0.1, 0.15) is 13.2 Å². The Kier molecular flexibility index (Phi) is 44.0. The third-order valence-corrected chi connectivity index (χ3v) is 12.8. The molecular weight excluding hydrogens is 792 g/mol. The highest BCUT2D eigenvalue weighted by atomic mass is 31.2. The first-order valence-corrected chi connectivity index (χ1v) is 27.8. The number of likely N-dealkylation sites (N-methyl/N-ethyl adjacent to an activating group) is 1. The van der Waals surface area contributed by atoms with Crippen LogP contribution < -0.4 is 10.2 Å². The highest BCUT2D eigenvalue weighted by Crippen LogP contribution is 2.38. The second-order valence-electron chi connectivity index (χ2n) is 19.2. The molecule has 0 fully saturated rings. The van der Waals surface area contributed by atoms with E-state index in [1.165, 1.54) is 186 Å². The van der Waals surface area contributed by atoms with Crippen LogP contribution in [0.15, 0.2) is 36.5 Å². The van der Waals surface area contributed by atoms with Crippen molar-refractivity contribution < 1.29 is 32.9 Å². The molecule has 8 nitrogen and oxygen atoms in total. The molecule has 0 spiro atoms. The van der Waals surface area contributed by atoms with Gasteiger partial charge in [-0.25, -0.2) is 0 Å². The topological polar surface area (TPSA) is 108 Å². The van der Waals surface area contributed by atoms with Gasteiger partial charge in [-0.15, -0.1) is 0 Å². The van der Waals surface area contributed by atoms with Crippen LogP contribution in [0.1, 0.15) is 245 Å². The van der Waals surface area contributed by atoms with Gasteiger partial charge in [-0.3, -0.25) is 9.36 Å². The minimum absolute atomic E-state index is 0.00657. The standard InChI is InChI=1S/C53H103N2O6P/c1-6-8-10-12-14-16-18-20-22-24-25-26-27-28-29-30-31-33-35-37-39-41-43-45-47-53(57)54-51(50-61-62(58,59)60-49-48-55(3,4)5)52(56)46-44-42-40-38-36-34-32-23-21-19-17-15-13-11-9-7-2/h28-29,36,38,44,46,51-52,56H,6-27,30-35,37,39-43,45,47-50H2,1-5H3,(H-,54,57,58,59)/b29-28-,38-36+,46-44+. The molecule has 0 rings (SSSR count). The van der Waals surface area contributed by atoms with Crippen molar-refractivity contribution in [3.63, 3.8) is 0 Å².